The maximum Gasteiger partial charge on any atom is 0.418 e. The molecule has 3 aromatic heterocycles. The van der Waals surface area contributed by atoms with E-state index in [1.165, 1.54) is 12.3 Å². The van der Waals surface area contributed by atoms with Crippen LogP contribution in [0.4, 0.5) is 35.3 Å². The molecule has 1 aliphatic heterocycles. The first-order valence-corrected chi connectivity index (χ1v) is 12.7. The number of nitrogens with one attached hydrogen (secondary N) is 2. The zero-order valence-corrected chi connectivity index (χ0v) is 21.5. The number of nitrogens with zero attached hydrogens (tertiary/aromatic N) is 5. The van der Waals surface area contributed by atoms with Gasteiger partial charge in [-0.25, -0.2) is 19.7 Å². The van der Waals surface area contributed by atoms with Crippen molar-refractivity contribution in [1.82, 2.24) is 25.3 Å². The molecule has 0 bridgehead atoms. The minimum Gasteiger partial charge on any atom is -0.465 e. The van der Waals surface area contributed by atoms with E-state index < -0.39 is 35.0 Å². The first kappa shape index (κ1) is 27.1. The van der Waals surface area contributed by atoms with Crippen LogP contribution in [0, 0.1) is 0 Å². The lowest BCUT2D eigenvalue weighted by atomic mass is 9.89. The minimum atomic E-state index is -4.69. The lowest BCUT2D eigenvalue weighted by molar-refractivity contribution is -0.137. The summed E-state index contributed by atoms with van der Waals surface area (Å²) in [5, 5.41) is 14.3. The van der Waals surface area contributed by atoms with Gasteiger partial charge in [-0.1, -0.05) is 0 Å². The lowest BCUT2D eigenvalue weighted by Gasteiger charge is -2.40. The Morgan fingerprint density at radius 1 is 1.12 bits per heavy atom. The van der Waals surface area contributed by atoms with Crippen molar-refractivity contribution in [1.29, 1.82) is 0 Å². The molecule has 5 rings (SSSR count). The van der Waals surface area contributed by atoms with Gasteiger partial charge in [0.2, 0.25) is 0 Å². The monoisotopic (exact) mass is 556 g/mol. The standard InChI is InChI=1S/C26H27F3N8O3/c1-25(36-24(39)40)8-11-37(12-9-25)18-3-2-10-31-22(18)35-23(38)20-21(30)32-13-17(34-20)19-15(26(27,28)29)6-7-16(33-19)14-4-5-14/h2-3,6-7,10,13-14,36H,4-5,8-9,11-12H2,1H3,(H2,30,32)(H,39,40)(H,31,35,38). The number of rotatable bonds is 6. The maximum atomic E-state index is 13.8. The van der Waals surface area contributed by atoms with Crippen LogP contribution in [0.2, 0.25) is 0 Å². The van der Waals surface area contributed by atoms with Crippen LogP contribution in [0.1, 0.15) is 60.3 Å². The molecule has 2 aliphatic rings. The van der Waals surface area contributed by atoms with E-state index in [0.29, 0.717) is 37.3 Å². The Hall–Kier alpha value is -4.49. The van der Waals surface area contributed by atoms with E-state index in [1.807, 2.05) is 11.8 Å². The van der Waals surface area contributed by atoms with Crippen LogP contribution in [0.15, 0.2) is 36.7 Å². The van der Waals surface area contributed by atoms with Crippen LogP contribution in [0.5, 0.6) is 0 Å². The summed E-state index contributed by atoms with van der Waals surface area (Å²) >= 11 is 0. The Morgan fingerprint density at radius 3 is 2.50 bits per heavy atom. The molecule has 5 N–H and O–H groups in total. The molecule has 1 saturated heterocycles. The highest BCUT2D eigenvalue weighted by Crippen LogP contribution is 2.42. The number of carbonyl (C=O) groups is 2. The zero-order valence-electron chi connectivity index (χ0n) is 21.5. The van der Waals surface area contributed by atoms with E-state index in [0.717, 1.165) is 25.1 Å². The number of nitrogens with two attached hydrogens (primary N) is 1. The minimum absolute atomic E-state index is 0.0979. The van der Waals surface area contributed by atoms with Gasteiger partial charge in [-0.3, -0.25) is 9.78 Å². The maximum absolute atomic E-state index is 13.8. The number of hydrogen-bond donors (Lipinski definition) is 4. The highest BCUT2D eigenvalue weighted by molar-refractivity contribution is 6.06. The number of aromatic nitrogens is 4. The second-order valence-corrected chi connectivity index (χ2v) is 10.2. The number of hydrogen-bond acceptors (Lipinski definition) is 8. The van der Waals surface area contributed by atoms with Gasteiger partial charge in [-0.15, -0.1) is 0 Å². The number of halogens is 3. The summed E-state index contributed by atoms with van der Waals surface area (Å²) < 4.78 is 41.4. The predicted molar refractivity (Wildman–Crippen MR) is 140 cm³/mol. The van der Waals surface area contributed by atoms with Gasteiger partial charge in [-0.05, 0) is 56.9 Å². The van der Waals surface area contributed by atoms with E-state index in [9.17, 15) is 22.8 Å². The molecule has 0 radical (unpaired) electrons. The number of alkyl halides is 3. The average molecular weight is 557 g/mol. The number of piperidine rings is 1. The molecule has 210 valence electrons. The van der Waals surface area contributed by atoms with E-state index >= 15 is 0 Å². The molecule has 0 spiro atoms. The molecule has 11 nitrogen and oxygen atoms in total. The number of amides is 2. The molecular formula is C26H27F3N8O3. The molecule has 1 saturated carbocycles. The van der Waals surface area contributed by atoms with Gasteiger partial charge >= 0.3 is 12.3 Å². The van der Waals surface area contributed by atoms with Gasteiger partial charge < -0.3 is 26.4 Å². The van der Waals surface area contributed by atoms with Crippen LogP contribution in [0.3, 0.4) is 0 Å². The highest BCUT2D eigenvalue weighted by atomic mass is 19.4. The van der Waals surface area contributed by atoms with Gasteiger partial charge in [0.15, 0.2) is 17.3 Å². The molecule has 14 heteroatoms. The van der Waals surface area contributed by atoms with Gasteiger partial charge in [0.25, 0.3) is 5.91 Å². The smallest absolute Gasteiger partial charge is 0.418 e. The molecule has 0 unspecified atom stereocenters. The van der Waals surface area contributed by atoms with Crippen molar-refractivity contribution in [3.05, 3.63) is 53.6 Å². The molecule has 40 heavy (non-hydrogen) atoms. The number of anilines is 3. The second kappa shape index (κ2) is 10.2. The fourth-order valence-corrected chi connectivity index (χ4v) is 4.72. The third kappa shape index (κ3) is 5.75. The number of carbonyl (C=O) groups excluding carboxylic acids is 1. The van der Waals surface area contributed by atoms with Crippen molar-refractivity contribution >= 4 is 29.3 Å². The molecule has 4 heterocycles. The quantitative estimate of drug-likeness (QED) is 0.347. The van der Waals surface area contributed by atoms with Crippen LogP contribution in [-0.2, 0) is 6.18 Å². The molecule has 1 aliphatic carbocycles. The topological polar surface area (TPSA) is 159 Å². The highest BCUT2D eigenvalue weighted by Gasteiger charge is 2.37. The van der Waals surface area contributed by atoms with Crippen molar-refractivity contribution in [3.8, 4) is 11.4 Å². The molecule has 3 aromatic rings. The molecule has 0 aromatic carbocycles. The van der Waals surface area contributed by atoms with Gasteiger partial charge in [0.05, 0.1) is 17.4 Å². The van der Waals surface area contributed by atoms with Crippen molar-refractivity contribution in [2.75, 3.05) is 29.0 Å². The molecule has 2 fully saturated rings. The zero-order chi connectivity index (χ0) is 28.7. The largest absolute Gasteiger partial charge is 0.465 e. The summed E-state index contributed by atoms with van der Waals surface area (Å²) in [6.07, 6.45) is -0.496. The number of nitrogen functional groups attached to an aromatic ring is 1. The first-order chi connectivity index (χ1) is 18.9. The van der Waals surface area contributed by atoms with Crippen molar-refractivity contribution < 1.29 is 27.9 Å². The Bertz CT molecular complexity index is 1450. The van der Waals surface area contributed by atoms with E-state index in [-0.39, 0.29) is 28.9 Å². The summed E-state index contributed by atoms with van der Waals surface area (Å²) in [7, 11) is 0. The average Bonchev–Trinajstić information content (AvgIpc) is 3.74. The summed E-state index contributed by atoms with van der Waals surface area (Å²) in [6.45, 7) is 2.82. The normalized spacial score (nSPS) is 16.9. The number of carboxylic acid groups (broad SMARTS) is 1. The van der Waals surface area contributed by atoms with Crippen LogP contribution >= 0.6 is 0 Å². The molecular weight excluding hydrogens is 529 g/mol. The molecule has 2 amide bonds. The fraction of sp³-hybridized carbons (Fsp3) is 0.385. The van der Waals surface area contributed by atoms with Crippen molar-refractivity contribution in [2.45, 2.75) is 50.2 Å². The summed E-state index contributed by atoms with van der Waals surface area (Å²) in [5.74, 6) is -0.772. The Labute approximate surface area is 227 Å². The van der Waals surface area contributed by atoms with Crippen molar-refractivity contribution in [3.63, 3.8) is 0 Å². The Morgan fingerprint density at radius 2 is 1.85 bits per heavy atom. The number of pyridine rings is 2. The van der Waals surface area contributed by atoms with Gasteiger partial charge in [0.1, 0.15) is 11.4 Å². The second-order valence-electron chi connectivity index (χ2n) is 10.2. The lowest BCUT2D eigenvalue weighted by Crippen LogP contribution is -2.53. The van der Waals surface area contributed by atoms with E-state index in [4.69, 9.17) is 10.8 Å². The van der Waals surface area contributed by atoms with Gasteiger partial charge in [-0.2, -0.15) is 13.2 Å². The SMILES string of the molecule is CC1(NC(=O)O)CCN(c2cccnc2NC(=O)c2nc(-c3nc(C4CC4)ccc3C(F)(F)F)cnc2N)CC1. The van der Waals surface area contributed by atoms with Crippen LogP contribution < -0.4 is 21.3 Å². The third-order valence-corrected chi connectivity index (χ3v) is 7.11. The summed E-state index contributed by atoms with van der Waals surface area (Å²) in [6, 6.07) is 5.79. The Balaban J connectivity index is 1.41. The predicted octanol–water partition coefficient (Wildman–Crippen LogP) is 4.29. The fourth-order valence-electron chi connectivity index (χ4n) is 4.72. The van der Waals surface area contributed by atoms with Gasteiger partial charge in [0, 0.05) is 36.4 Å². The summed E-state index contributed by atoms with van der Waals surface area (Å²) in [5.41, 5.74) is 4.47. The molecule has 0 atom stereocenters. The first-order valence-electron chi connectivity index (χ1n) is 12.7. The van der Waals surface area contributed by atoms with Crippen molar-refractivity contribution in [2.24, 2.45) is 0 Å². The van der Waals surface area contributed by atoms with E-state index in [2.05, 4.69) is 30.6 Å². The van der Waals surface area contributed by atoms with Crippen LogP contribution in [0.25, 0.3) is 11.4 Å². The van der Waals surface area contributed by atoms with Crippen LogP contribution in [-0.4, -0.2) is 55.7 Å². The van der Waals surface area contributed by atoms with E-state index in [1.54, 1.807) is 12.1 Å². The third-order valence-electron chi connectivity index (χ3n) is 7.11. The summed E-state index contributed by atoms with van der Waals surface area (Å²) in [4.78, 5) is 43.0. The Kier molecular flexibility index (Phi) is 6.94.